The highest BCUT2D eigenvalue weighted by Crippen LogP contribution is 2.43. The summed E-state index contributed by atoms with van der Waals surface area (Å²) in [5, 5.41) is 6.07. The van der Waals surface area contributed by atoms with E-state index in [0.717, 1.165) is 19.0 Å². The third-order valence-corrected chi connectivity index (χ3v) is 6.18. The van der Waals surface area contributed by atoms with Crippen molar-refractivity contribution in [2.24, 2.45) is 5.92 Å². The molecule has 1 aromatic rings. The smallest absolute Gasteiger partial charge is 0.0334 e. The van der Waals surface area contributed by atoms with E-state index >= 15 is 0 Å². The Kier molecular flexibility index (Phi) is 3.48. The third kappa shape index (κ3) is 2.61. The average Bonchev–Trinajstić information content (AvgIpc) is 3.15. The van der Waals surface area contributed by atoms with Crippen LogP contribution in [0.2, 0.25) is 0 Å². The molecule has 2 atom stereocenters. The summed E-state index contributed by atoms with van der Waals surface area (Å²) in [7, 11) is 0. The Bertz CT molecular complexity index is 426. The lowest BCUT2D eigenvalue weighted by molar-refractivity contribution is 0.00497. The Balaban J connectivity index is 1.78. The molecule has 3 rings (SSSR count). The Morgan fingerprint density at radius 1 is 1.42 bits per heavy atom. The van der Waals surface area contributed by atoms with Gasteiger partial charge in [0.15, 0.2) is 0 Å². The summed E-state index contributed by atoms with van der Waals surface area (Å²) in [5.74, 6) is 0.903. The van der Waals surface area contributed by atoms with Gasteiger partial charge in [-0.3, -0.25) is 4.90 Å². The zero-order valence-corrected chi connectivity index (χ0v) is 13.2. The van der Waals surface area contributed by atoms with Crippen molar-refractivity contribution in [3.63, 3.8) is 0 Å². The van der Waals surface area contributed by atoms with Crippen molar-refractivity contribution >= 4 is 11.3 Å². The lowest BCUT2D eigenvalue weighted by Gasteiger charge is -2.52. The van der Waals surface area contributed by atoms with E-state index in [1.54, 1.807) is 0 Å². The van der Waals surface area contributed by atoms with E-state index in [4.69, 9.17) is 0 Å². The predicted molar refractivity (Wildman–Crippen MR) is 82.6 cm³/mol. The molecule has 1 aromatic heterocycles. The molecular formula is C16H26N2S. The van der Waals surface area contributed by atoms with Crippen molar-refractivity contribution in [2.45, 2.75) is 57.7 Å². The van der Waals surface area contributed by atoms with E-state index < -0.39 is 0 Å². The molecule has 2 unspecified atom stereocenters. The molecule has 2 aliphatic rings. The normalized spacial score (nSPS) is 36.6. The Morgan fingerprint density at radius 3 is 2.79 bits per heavy atom. The fourth-order valence-electron chi connectivity index (χ4n) is 3.33. The molecule has 19 heavy (non-hydrogen) atoms. The summed E-state index contributed by atoms with van der Waals surface area (Å²) in [4.78, 5) is 4.23. The fourth-order valence-corrected chi connectivity index (χ4v) is 4.05. The van der Waals surface area contributed by atoms with Crippen LogP contribution in [0.15, 0.2) is 17.5 Å². The number of thiophene rings is 1. The van der Waals surface area contributed by atoms with Gasteiger partial charge >= 0.3 is 0 Å². The maximum absolute atomic E-state index is 3.87. The first-order valence-corrected chi connectivity index (χ1v) is 8.46. The largest absolute Gasteiger partial charge is 0.308 e. The van der Waals surface area contributed by atoms with Crippen LogP contribution in [0.5, 0.6) is 0 Å². The van der Waals surface area contributed by atoms with Gasteiger partial charge in [-0.1, -0.05) is 13.0 Å². The second-order valence-corrected chi connectivity index (χ2v) is 7.86. The summed E-state index contributed by atoms with van der Waals surface area (Å²) in [6.07, 6.45) is 4.05. The van der Waals surface area contributed by atoms with Crippen LogP contribution >= 0.6 is 11.3 Å². The number of hydrogen-bond acceptors (Lipinski definition) is 3. The lowest BCUT2D eigenvalue weighted by atomic mass is 9.84. The second-order valence-electron chi connectivity index (χ2n) is 6.83. The number of hydrogen-bond donors (Lipinski definition) is 1. The van der Waals surface area contributed by atoms with Crippen LogP contribution in [-0.4, -0.2) is 29.1 Å². The minimum absolute atomic E-state index is 0.304. The van der Waals surface area contributed by atoms with Gasteiger partial charge in [-0.15, -0.1) is 11.3 Å². The number of rotatable bonds is 4. The van der Waals surface area contributed by atoms with Crippen LogP contribution in [0.25, 0.3) is 0 Å². The topological polar surface area (TPSA) is 15.3 Å². The molecule has 1 saturated heterocycles. The number of piperazine rings is 1. The van der Waals surface area contributed by atoms with Gasteiger partial charge in [-0.2, -0.15) is 0 Å². The Morgan fingerprint density at radius 2 is 2.21 bits per heavy atom. The van der Waals surface area contributed by atoms with Crippen molar-refractivity contribution < 1.29 is 0 Å². The monoisotopic (exact) mass is 278 g/mol. The standard InChI is InChI=1S/C16H26N2S/c1-4-15(2)11-17-16(3,13-7-8-13)12-18(15)10-14-6-5-9-19-14/h5-6,9,13,17H,4,7-8,10-12H2,1-3H3. The molecule has 2 fully saturated rings. The molecule has 2 heterocycles. The lowest BCUT2D eigenvalue weighted by Crippen LogP contribution is -2.68. The summed E-state index contributed by atoms with van der Waals surface area (Å²) >= 11 is 1.89. The quantitative estimate of drug-likeness (QED) is 0.907. The third-order valence-electron chi connectivity index (χ3n) is 5.32. The van der Waals surface area contributed by atoms with E-state index in [-0.39, 0.29) is 0 Å². The summed E-state index contributed by atoms with van der Waals surface area (Å²) < 4.78 is 0. The van der Waals surface area contributed by atoms with E-state index in [1.165, 1.54) is 30.7 Å². The van der Waals surface area contributed by atoms with Gasteiger partial charge in [0, 0.05) is 35.6 Å². The van der Waals surface area contributed by atoms with E-state index in [0.29, 0.717) is 11.1 Å². The van der Waals surface area contributed by atoms with Crippen LogP contribution in [0, 0.1) is 5.92 Å². The highest BCUT2D eigenvalue weighted by molar-refractivity contribution is 7.09. The highest BCUT2D eigenvalue weighted by Gasteiger charge is 2.48. The van der Waals surface area contributed by atoms with E-state index in [9.17, 15) is 0 Å². The van der Waals surface area contributed by atoms with E-state index in [2.05, 4.69) is 48.5 Å². The SMILES string of the molecule is CCC1(C)CNC(C)(C2CC2)CN1Cc1cccs1. The average molecular weight is 278 g/mol. The first kappa shape index (κ1) is 13.6. The zero-order valence-electron chi connectivity index (χ0n) is 12.4. The minimum Gasteiger partial charge on any atom is -0.308 e. The van der Waals surface area contributed by atoms with Crippen molar-refractivity contribution in [1.29, 1.82) is 0 Å². The van der Waals surface area contributed by atoms with Crippen molar-refractivity contribution in [3.05, 3.63) is 22.4 Å². The van der Waals surface area contributed by atoms with Crippen molar-refractivity contribution in [3.8, 4) is 0 Å². The first-order chi connectivity index (χ1) is 9.06. The zero-order chi connectivity index (χ0) is 13.5. The van der Waals surface area contributed by atoms with Gasteiger partial charge < -0.3 is 5.32 Å². The second kappa shape index (κ2) is 4.87. The number of nitrogens with one attached hydrogen (secondary N) is 1. The van der Waals surface area contributed by atoms with Gasteiger partial charge in [0.05, 0.1) is 0 Å². The molecule has 1 N–H and O–H groups in total. The van der Waals surface area contributed by atoms with Crippen molar-refractivity contribution in [2.75, 3.05) is 13.1 Å². The Labute approximate surface area is 121 Å². The minimum atomic E-state index is 0.304. The van der Waals surface area contributed by atoms with Gasteiger partial charge in [-0.05, 0) is 50.5 Å². The van der Waals surface area contributed by atoms with Crippen molar-refractivity contribution in [1.82, 2.24) is 10.2 Å². The van der Waals surface area contributed by atoms with Gasteiger partial charge in [0.25, 0.3) is 0 Å². The van der Waals surface area contributed by atoms with Crippen LogP contribution in [-0.2, 0) is 6.54 Å². The molecule has 3 heteroatoms. The fraction of sp³-hybridized carbons (Fsp3) is 0.750. The Hall–Kier alpha value is -0.380. The summed E-state index contributed by atoms with van der Waals surface area (Å²) in [6, 6.07) is 4.45. The molecule has 106 valence electrons. The van der Waals surface area contributed by atoms with Crippen LogP contribution in [0.1, 0.15) is 44.9 Å². The summed E-state index contributed by atoms with van der Waals surface area (Å²) in [6.45, 7) is 10.6. The molecule has 1 aliphatic heterocycles. The predicted octanol–water partition coefficient (Wildman–Crippen LogP) is 3.49. The maximum atomic E-state index is 3.87. The summed E-state index contributed by atoms with van der Waals surface area (Å²) in [5.41, 5.74) is 0.643. The maximum Gasteiger partial charge on any atom is 0.0334 e. The molecule has 0 radical (unpaired) electrons. The molecule has 0 amide bonds. The molecule has 1 saturated carbocycles. The molecule has 0 spiro atoms. The molecule has 2 nitrogen and oxygen atoms in total. The van der Waals surface area contributed by atoms with Crippen LogP contribution < -0.4 is 5.32 Å². The van der Waals surface area contributed by atoms with Gasteiger partial charge in [0.2, 0.25) is 0 Å². The molecule has 0 bridgehead atoms. The highest BCUT2D eigenvalue weighted by atomic mass is 32.1. The van der Waals surface area contributed by atoms with Crippen LogP contribution in [0.3, 0.4) is 0 Å². The molecule has 0 aromatic carbocycles. The van der Waals surface area contributed by atoms with Gasteiger partial charge in [-0.25, -0.2) is 0 Å². The van der Waals surface area contributed by atoms with Crippen LogP contribution in [0.4, 0.5) is 0 Å². The number of nitrogens with zero attached hydrogens (tertiary/aromatic N) is 1. The molecular weight excluding hydrogens is 252 g/mol. The van der Waals surface area contributed by atoms with E-state index in [1.807, 2.05) is 11.3 Å². The molecule has 1 aliphatic carbocycles. The van der Waals surface area contributed by atoms with Gasteiger partial charge in [0.1, 0.15) is 0 Å². The first-order valence-electron chi connectivity index (χ1n) is 7.58.